The van der Waals surface area contributed by atoms with Crippen LogP contribution in [0.15, 0.2) is 22.9 Å². The Bertz CT molecular complexity index is 339. The van der Waals surface area contributed by atoms with Crippen LogP contribution in [0.2, 0.25) is 0 Å². The highest BCUT2D eigenvalue weighted by Gasteiger charge is 2.05. The lowest BCUT2D eigenvalue weighted by Gasteiger charge is -1.99. The van der Waals surface area contributed by atoms with Gasteiger partial charge in [-0.25, -0.2) is 4.98 Å². The first-order valence-electron chi connectivity index (χ1n) is 4.32. The number of hydrogen-bond donors (Lipinski definition) is 0. The molecule has 0 fully saturated rings. The van der Waals surface area contributed by atoms with Gasteiger partial charge in [0.2, 0.25) is 0 Å². The Kier molecular flexibility index (Phi) is 4.46. The zero-order chi connectivity index (χ0) is 10.4. The molecule has 1 heterocycles. The summed E-state index contributed by atoms with van der Waals surface area (Å²) in [6.07, 6.45) is 3.88. The minimum Gasteiger partial charge on any atom is -0.303 e. The fourth-order valence-electron chi connectivity index (χ4n) is 1.07. The van der Waals surface area contributed by atoms with Gasteiger partial charge in [0.05, 0.1) is 0 Å². The maximum Gasteiger partial charge on any atom is 0.163 e. The van der Waals surface area contributed by atoms with Gasteiger partial charge in [0, 0.05) is 24.6 Å². The summed E-state index contributed by atoms with van der Waals surface area (Å²) < 4.78 is 0.652. The molecule has 0 radical (unpaired) electrons. The second-order valence-corrected chi connectivity index (χ2v) is 3.66. The third kappa shape index (κ3) is 3.38. The molecule has 0 bridgehead atoms. The maximum atomic E-state index is 11.5. The van der Waals surface area contributed by atoms with Gasteiger partial charge in [-0.15, -0.1) is 0 Å². The number of Topliss-reactive ketones (excluding diaryl/α,β-unsaturated/α-hetero) is 1. The Labute approximate surface area is 90.7 Å². The van der Waals surface area contributed by atoms with Crippen LogP contribution in [0.3, 0.4) is 0 Å². The highest BCUT2D eigenvalue weighted by atomic mass is 79.9. The third-order valence-corrected chi connectivity index (χ3v) is 2.21. The van der Waals surface area contributed by atoms with Crippen molar-refractivity contribution in [3.05, 3.63) is 28.5 Å². The number of unbranched alkanes of at least 4 members (excludes halogenated alkanes) is 1. The standard InChI is InChI=1S/C10H10BrNO2/c11-10-7-8(4-5-12-10)9(14)3-1-2-6-13/h4-7H,1-3H2. The van der Waals surface area contributed by atoms with Gasteiger partial charge in [-0.2, -0.15) is 0 Å². The summed E-state index contributed by atoms with van der Waals surface area (Å²) in [4.78, 5) is 25.5. The van der Waals surface area contributed by atoms with Crippen molar-refractivity contribution in [1.29, 1.82) is 0 Å². The van der Waals surface area contributed by atoms with E-state index in [0.29, 0.717) is 29.4 Å². The van der Waals surface area contributed by atoms with E-state index in [-0.39, 0.29) is 5.78 Å². The monoisotopic (exact) mass is 255 g/mol. The van der Waals surface area contributed by atoms with Gasteiger partial charge in [0.15, 0.2) is 5.78 Å². The van der Waals surface area contributed by atoms with Gasteiger partial charge in [0.25, 0.3) is 0 Å². The minimum atomic E-state index is 0.0509. The summed E-state index contributed by atoms with van der Waals surface area (Å²) in [5.41, 5.74) is 0.637. The van der Waals surface area contributed by atoms with Crippen molar-refractivity contribution in [1.82, 2.24) is 4.98 Å². The number of carbonyl (C=O) groups excluding carboxylic acids is 2. The van der Waals surface area contributed by atoms with Crippen molar-refractivity contribution in [3.8, 4) is 0 Å². The first-order chi connectivity index (χ1) is 6.74. The molecule has 0 aromatic carbocycles. The van der Waals surface area contributed by atoms with E-state index in [1.807, 2.05) is 0 Å². The molecule has 0 amide bonds. The Balaban J connectivity index is 2.56. The van der Waals surface area contributed by atoms with Gasteiger partial charge in [-0.3, -0.25) is 4.79 Å². The lowest BCUT2D eigenvalue weighted by atomic mass is 10.1. The van der Waals surface area contributed by atoms with Crippen molar-refractivity contribution in [2.45, 2.75) is 19.3 Å². The van der Waals surface area contributed by atoms with Crippen LogP contribution >= 0.6 is 15.9 Å². The van der Waals surface area contributed by atoms with Gasteiger partial charge in [-0.05, 0) is 34.5 Å². The summed E-state index contributed by atoms with van der Waals surface area (Å²) in [7, 11) is 0. The predicted octanol–water partition coefficient (Wildman–Crippen LogP) is 2.40. The molecule has 1 aromatic rings. The number of aromatic nitrogens is 1. The number of aldehydes is 1. The van der Waals surface area contributed by atoms with Gasteiger partial charge in [-0.1, -0.05) is 0 Å². The molecule has 3 nitrogen and oxygen atoms in total. The summed E-state index contributed by atoms with van der Waals surface area (Å²) >= 11 is 3.19. The third-order valence-electron chi connectivity index (χ3n) is 1.77. The molecule has 1 rings (SSSR count). The molecule has 0 spiro atoms. The fraction of sp³-hybridized carbons (Fsp3) is 0.300. The van der Waals surface area contributed by atoms with Gasteiger partial charge >= 0.3 is 0 Å². The molecule has 0 aliphatic carbocycles. The molecule has 4 heteroatoms. The van der Waals surface area contributed by atoms with E-state index in [4.69, 9.17) is 0 Å². The Morgan fingerprint density at radius 2 is 2.36 bits per heavy atom. The zero-order valence-electron chi connectivity index (χ0n) is 7.57. The fourth-order valence-corrected chi connectivity index (χ4v) is 1.43. The highest BCUT2D eigenvalue weighted by molar-refractivity contribution is 9.10. The van der Waals surface area contributed by atoms with Crippen LogP contribution in [0.1, 0.15) is 29.6 Å². The lowest BCUT2D eigenvalue weighted by Crippen LogP contribution is -1.99. The number of carbonyl (C=O) groups is 2. The molecule has 0 unspecified atom stereocenters. The minimum absolute atomic E-state index is 0.0509. The summed E-state index contributed by atoms with van der Waals surface area (Å²) in [5, 5.41) is 0. The lowest BCUT2D eigenvalue weighted by molar-refractivity contribution is -0.107. The van der Waals surface area contributed by atoms with E-state index in [0.717, 1.165) is 6.29 Å². The van der Waals surface area contributed by atoms with E-state index in [2.05, 4.69) is 20.9 Å². The van der Waals surface area contributed by atoms with E-state index >= 15 is 0 Å². The summed E-state index contributed by atoms with van der Waals surface area (Å²) in [6.45, 7) is 0. The normalized spacial score (nSPS) is 9.79. The zero-order valence-corrected chi connectivity index (χ0v) is 9.16. The number of pyridine rings is 1. The molecule has 74 valence electrons. The molecule has 0 atom stereocenters. The number of ketones is 1. The average molecular weight is 256 g/mol. The van der Waals surface area contributed by atoms with E-state index in [1.54, 1.807) is 18.3 Å². The van der Waals surface area contributed by atoms with Crippen molar-refractivity contribution in [3.63, 3.8) is 0 Å². The molecule has 1 aromatic heterocycles. The van der Waals surface area contributed by atoms with E-state index in [1.165, 1.54) is 0 Å². The number of nitrogens with zero attached hydrogens (tertiary/aromatic N) is 1. The van der Waals surface area contributed by atoms with Crippen molar-refractivity contribution in [2.75, 3.05) is 0 Å². The van der Waals surface area contributed by atoms with Crippen LogP contribution in [-0.4, -0.2) is 17.1 Å². The van der Waals surface area contributed by atoms with Crippen LogP contribution in [0, 0.1) is 0 Å². The summed E-state index contributed by atoms with van der Waals surface area (Å²) in [5.74, 6) is 0.0509. The molecule has 0 N–H and O–H groups in total. The molecular weight excluding hydrogens is 246 g/mol. The molecule has 14 heavy (non-hydrogen) atoms. The molecular formula is C10H10BrNO2. The second-order valence-electron chi connectivity index (χ2n) is 2.85. The van der Waals surface area contributed by atoms with E-state index < -0.39 is 0 Å². The smallest absolute Gasteiger partial charge is 0.163 e. The van der Waals surface area contributed by atoms with Crippen LogP contribution in [-0.2, 0) is 4.79 Å². The predicted molar refractivity (Wildman–Crippen MR) is 56.2 cm³/mol. The molecule has 0 saturated heterocycles. The first-order valence-corrected chi connectivity index (χ1v) is 5.11. The van der Waals surface area contributed by atoms with Crippen LogP contribution in [0.4, 0.5) is 0 Å². The number of hydrogen-bond acceptors (Lipinski definition) is 3. The van der Waals surface area contributed by atoms with Gasteiger partial charge < -0.3 is 4.79 Å². The number of rotatable bonds is 5. The largest absolute Gasteiger partial charge is 0.303 e. The number of halogens is 1. The van der Waals surface area contributed by atoms with Crippen LogP contribution in [0.25, 0.3) is 0 Å². The summed E-state index contributed by atoms with van der Waals surface area (Å²) in [6, 6.07) is 3.36. The van der Waals surface area contributed by atoms with E-state index in [9.17, 15) is 9.59 Å². The maximum absolute atomic E-state index is 11.5. The Morgan fingerprint density at radius 3 is 3.00 bits per heavy atom. The second kappa shape index (κ2) is 5.65. The van der Waals surface area contributed by atoms with Crippen LogP contribution in [0.5, 0.6) is 0 Å². The van der Waals surface area contributed by atoms with Gasteiger partial charge in [0.1, 0.15) is 10.9 Å². The van der Waals surface area contributed by atoms with Crippen molar-refractivity contribution >= 4 is 28.0 Å². The first kappa shape index (κ1) is 11.0. The van der Waals surface area contributed by atoms with Crippen LogP contribution < -0.4 is 0 Å². The Morgan fingerprint density at radius 1 is 1.57 bits per heavy atom. The SMILES string of the molecule is O=CCCCC(=O)c1ccnc(Br)c1. The highest BCUT2D eigenvalue weighted by Crippen LogP contribution is 2.11. The molecule has 0 aliphatic heterocycles. The quantitative estimate of drug-likeness (QED) is 0.351. The topological polar surface area (TPSA) is 47.0 Å². The van der Waals surface area contributed by atoms with Crippen molar-refractivity contribution in [2.24, 2.45) is 0 Å². The van der Waals surface area contributed by atoms with Crippen molar-refractivity contribution < 1.29 is 9.59 Å². The average Bonchev–Trinajstić information content (AvgIpc) is 2.18. The molecule has 0 aliphatic rings. The Hall–Kier alpha value is -1.03. The molecule has 0 saturated carbocycles.